The van der Waals surface area contributed by atoms with Crippen LogP contribution in [0.4, 0.5) is 0 Å². The SMILES string of the molecule is O=C1CC(O)(O)C(=O)OCCCO1. The molecule has 0 aromatic heterocycles. The summed E-state index contributed by atoms with van der Waals surface area (Å²) in [6.07, 6.45) is -0.445. The minimum atomic E-state index is -2.76. The summed E-state index contributed by atoms with van der Waals surface area (Å²) in [6.45, 7) is 0.122. The van der Waals surface area contributed by atoms with E-state index in [-0.39, 0.29) is 13.2 Å². The smallest absolute Gasteiger partial charge is 0.367 e. The van der Waals surface area contributed by atoms with Crippen LogP contribution < -0.4 is 0 Å². The maximum atomic E-state index is 10.9. The van der Waals surface area contributed by atoms with E-state index in [4.69, 9.17) is 10.2 Å². The predicted molar refractivity (Wildman–Crippen MR) is 38.3 cm³/mol. The van der Waals surface area contributed by atoms with Gasteiger partial charge in [-0.25, -0.2) is 4.79 Å². The third-order valence-electron chi connectivity index (χ3n) is 1.50. The van der Waals surface area contributed by atoms with E-state index in [1.807, 2.05) is 0 Å². The van der Waals surface area contributed by atoms with Crippen LogP contribution in [0.15, 0.2) is 0 Å². The molecule has 0 unspecified atom stereocenters. The molecule has 0 aromatic carbocycles. The van der Waals surface area contributed by atoms with Crippen LogP contribution in [0.3, 0.4) is 0 Å². The number of hydrogen-bond acceptors (Lipinski definition) is 6. The summed E-state index contributed by atoms with van der Waals surface area (Å²) in [5.74, 6) is -4.81. The molecule has 0 saturated carbocycles. The van der Waals surface area contributed by atoms with Crippen LogP contribution in [0, 0.1) is 0 Å². The van der Waals surface area contributed by atoms with E-state index in [1.54, 1.807) is 0 Å². The second-order valence-corrected chi connectivity index (χ2v) is 2.70. The van der Waals surface area contributed by atoms with Gasteiger partial charge in [0.1, 0.15) is 6.42 Å². The number of hydrogen-bond donors (Lipinski definition) is 2. The third-order valence-corrected chi connectivity index (χ3v) is 1.50. The Bertz CT molecular complexity index is 221. The third kappa shape index (κ3) is 2.67. The molecule has 1 saturated heterocycles. The van der Waals surface area contributed by atoms with Gasteiger partial charge in [-0.05, 0) is 0 Å². The number of carbonyl (C=O) groups excluding carboxylic acids is 2. The molecule has 0 aliphatic carbocycles. The molecule has 6 heteroatoms. The monoisotopic (exact) mass is 190 g/mol. The van der Waals surface area contributed by atoms with Crippen molar-refractivity contribution in [3.63, 3.8) is 0 Å². The van der Waals surface area contributed by atoms with Gasteiger partial charge in [-0.2, -0.15) is 0 Å². The van der Waals surface area contributed by atoms with Crippen LogP contribution in [0.1, 0.15) is 12.8 Å². The zero-order valence-corrected chi connectivity index (χ0v) is 6.86. The molecule has 0 spiro atoms. The molecule has 6 nitrogen and oxygen atoms in total. The Morgan fingerprint density at radius 1 is 1.15 bits per heavy atom. The summed E-state index contributed by atoms with van der Waals surface area (Å²) in [5, 5.41) is 18.0. The summed E-state index contributed by atoms with van der Waals surface area (Å²) in [6, 6.07) is 0. The maximum Gasteiger partial charge on any atom is 0.367 e. The molecule has 1 rings (SSSR count). The van der Waals surface area contributed by atoms with E-state index in [0.717, 1.165) is 0 Å². The van der Waals surface area contributed by atoms with Gasteiger partial charge in [0.15, 0.2) is 0 Å². The molecule has 0 amide bonds. The van der Waals surface area contributed by atoms with Gasteiger partial charge in [-0.15, -0.1) is 0 Å². The standard InChI is InChI=1S/C7H10O6/c8-5-4-7(10,11)6(9)13-3-1-2-12-5/h10-11H,1-4H2. The van der Waals surface area contributed by atoms with Crippen molar-refractivity contribution in [2.75, 3.05) is 13.2 Å². The van der Waals surface area contributed by atoms with Crippen molar-refractivity contribution in [3.05, 3.63) is 0 Å². The highest BCUT2D eigenvalue weighted by Crippen LogP contribution is 2.11. The predicted octanol–water partition coefficient (Wildman–Crippen LogP) is -1.45. The largest absolute Gasteiger partial charge is 0.465 e. The molecular formula is C7H10O6. The number of cyclic esters (lactones) is 2. The van der Waals surface area contributed by atoms with Gasteiger partial charge in [0.25, 0.3) is 5.79 Å². The van der Waals surface area contributed by atoms with Gasteiger partial charge in [-0.3, -0.25) is 4.79 Å². The number of rotatable bonds is 0. The van der Waals surface area contributed by atoms with E-state index >= 15 is 0 Å². The number of aliphatic hydroxyl groups is 2. The molecule has 0 atom stereocenters. The summed E-state index contributed by atoms with van der Waals surface area (Å²) in [5.41, 5.74) is 0. The van der Waals surface area contributed by atoms with Crippen molar-refractivity contribution >= 4 is 11.9 Å². The van der Waals surface area contributed by atoms with Crippen LogP contribution in [-0.4, -0.2) is 41.2 Å². The van der Waals surface area contributed by atoms with Gasteiger partial charge >= 0.3 is 11.9 Å². The Morgan fingerprint density at radius 3 is 2.46 bits per heavy atom. The lowest BCUT2D eigenvalue weighted by molar-refractivity contribution is -0.213. The van der Waals surface area contributed by atoms with E-state index in [2.05, 4.69) is 9.47 Å². The van der Waals surface area contributed by atoms with Crippen molar-refractivity contribution in [2.45, 2.75) is 18.6 Å². The van der Waals surface area contributed by atoms with Crippen molar-refractivity contribution in [1.29, 1.82) is 0 Å². The molecule has 0 bridgehead atoms. The lowest BCUT2D eigenvalue weighted by Gasteiger charge is -2.16. The fourth-order valence-corrected chi connectivity index (χ4v) is 0.850. The number of carbonyl (C=O) groups is 2. The Kier molecular flexibility index (Phi) is 2.84. The molecule has 13 heavy (non-hydrogen) atoms. The Balaban J connectivity index is 2.69. The fourth-order valence-electron chi connectivity index (χ4n) is 0.850. The van der Waals surface area contributed by atoms with Gasteiger partial charge in [0, 0.05) is 6.42 Å². The molecule has 74 valence electrons. The molecule has 1 aliphatic rings. The van der Waals surface area contributed by atoms with E-state index in [9.17, 15) is 9.59 Å². The molecule has 0 radical (unpaired) electrons. The average Bonchev–Trinajstić information content (AvgIpc) is 2.05. The normalized spacial score (nSPS) is 23.5. The highest BCUT2D eigenvalue weighted by molar-refractivity contribution is 5.84. The van der Waals surface area contributed by atoms with Gasteiger partial charge in [0.05, 0.1) is 13.2 Å². The zero-order chi connectivity index (χ0) is 9.90. The van der Waals surface area contributed by atoms with Crippen LogP contribution in [0.5, 0.6) is 0 Å². The molecule has 0 aromatic rings. The summed E-state index contributed by atoms with van der Waals surface area (Å²) < 4.78 is 9.01. The topological polar surface area (TPSA) is 93.1 Å². The maximum absolute atomic E-state index is 10.9. The van der Waals surface area contributed by atoms with Crippen molar-refractivity contribution in [2.24, 2.45) is 0 Å². The molecule has 1 heterocycles. The van der Waals surface area contributed by atoms with E-state index in [0.29, 0.717) is 6.42 Å². The summed E-state index contributed by atoms with van der Waals surface area (Å²) >= 11 is 0. The average molecular weight is 190 g/mol. The van der Waals surface area contributed by atoms with Gasteiger partial charge in [0.2, 0.25) is 0 Å². The number of ether oxygens (including phenoxy) is 2. The summed E-state index contributed by atoms with van der Waals surface area (Å²) in [4.78, 5) is 21.7. The van der Waals surface area contributed by atoms with Crippen molar-refractivity contribution in [1.82, 2.24) is 0 Å². The number of esters is 2. The minimum Gasteiger partial charge on any atom is -0.465 e. The highest BCUT2D eigenvalue weighted by atomic mass is 16.6. The second kappa shape index (κ2) is 3.71. The Hall–Kier alpha value is -1.14. The van der Waals surface area contributed by atoms with Crippen LogP contribution in [0.25, 0.3) is 0 Å². The Labute approximate surface area is 74.1 Å². The lowest BCUT2D eigenvalue weighted by Crippen LogP contribution is -2.41. The molecule has 2 N–H and O–H groups in total. The van der Waals surface area contributed by atoms with E-state index < -0.39 is 24.1 Å². The first-order chi connectivity index (χ1) is 6.02. The highest BCUT2D eigenvalue weighted by Gasteiger charge is 2.39. The Morgan fingerprint density at radius 2 is 1.77 bits per heavy atom. The first-order valence-electron chi connectivity index (χ1n) is 3.80. The fraction of sp³-hybridized carbons (Fsp3) is 0.714. The molecule has 1 fully saturated rings. The van der Waals surface area contributed by atoms with Crippen LogP contribution in [0.2, 0.25) is 0 Å². The second-order valence-electron chi connectivity index (χ2n) is 2.70. The van der Waals surface area contributed by atoms with Crippen molar-refractivity contribution < 1.29 is 29.3 Å². The van der Waals surface area contributed by atoms with Gasteiger partial charge < -0.3 is 19.7 Å². The van der Waals surface area contributed by atoms with Gasteiger partial charge in [-0.1, -0.05) is 0 Å². The molecule has 1 aliphatic heterocycles. The lowest BCUT2D eigenvalue weighted by atomic mass is 10.2. The summed E-state index contributed by atoms with van der Waals surface area (Å²) in [7, 11) is 0. The van der Waals surface area contributed by atoms with Crippen molar-refractivity contribution in [3.8, 4) is 0 Å². The molecular weight excluding hydrogens is 180 g/mol. The van der Waals surface area contributed by atoms with E-state index in [1.165, 1.54) is 0 Å². The van der Waals surface area contributed by atoms with Crippen LogP contribution >= 0.6 is 0 Å². The minimum absolute atomic E-state index is 0.00891. The zero-order valence-electron chi connectivity index (χ0n) is 6.86. The first-order valence-corrected chi connectivity index (χ1v) is 3.80. The quantitative estimate of drug-likeness (QED) is 0.358. The first kappa shape index (κ1) is 9.94. The van der Waals surface area contributed by atoms with Crippen LogP contribution in [-0.2, 0) is 19.1 Å².